The lowest BCUT2D eigenvalue weighted by Crippen LogP contribution is -1.97. The van der Waals surface area contributed by atoms with E-state index in [0.717, 1.165) is 33.8 Å². The normalized spacial score (nSPS) is 10.6. The summed E-state index contributed by atoms with van der Waals surface area (Å²) in [7, 11) is 0. The Balaban J connectivity index is 2.03. The van der Waals surface area contributed by atoms with Crippen LogP contribution in [0.1, 0.15) is 5.82 Å². The van der Waals surface area contributed by atoms with Crippen molar-refractivity contribution in [1.82, 2.24) is 15.0 Å². The van der Waals surface area contributed by atoms with Gasteiger partial charge in [0.2, 0.25) is 0 Å². The van der Waals surface area contributed by atoms with Gasteiger partial charge in [0.15, 0.2) is 0 Å². The number of fused-ring (bicyclic) bond motifs is 1. The molecule has 0 amide bonds. The van der Waals surface area contributed by atoms with Crippen molar-refractivity contribution < 1.29 is 0 Å². The summed E-state index contributed by atoms with van der Waals surface area (Å²) in [6, 6.07) is 7.67. The first-order valence-electron chi connectivity index (χ1n) is 5.92. The molecule has 0 saturated carbocycles. The van der Waals surface area contributed by atoms with Crippen molar-refractivity contribution in [3.8, 4) is 0 Å². The van der Waals surface area contributed by atoms with Gasteiger partial charge in [-0.25, -0.2) is 15.0 Å². The number of benzene rings is 1. The van der Waals surface area contributed by atoms with Crippen LogP contribution in [0.25, 0.3) is 10.8 Å². The van der Waals surface area contributed by atoms with Crippen LogP contribution in [-0.2, 0) is 0 Å². The van der Waals surface area contributed by atoms with Gasteiger partial charge in [-0.1, -0.05) is 0 Å². The van der Waals surface area contributed by atoms with Crippen molar-refractivity contribution in [3.63, 3.8) is 0 Å². The van der Waals surface area contributed by atoms with Crippen LogP contribution in [0.15, 0.2) is 42.9 Å². The average Bonchev–Trinajstić information content (AvgIpc) is 2.41. The quantitative estimate of drug-likeness (QED) is 0.685. The molecule has 0 aliphatic heterocycles. The molecule has 94 valence electrons. The highest BCUT2D eigenvalue weighted by atomic mass is 15.0. The predicted molar refractivity (Wildman–Crippen MR) is 76.2 cm³/mol. The molecule has 19 heavy (non-hydrogen) atoms. The summed E-state index contributed by atoms with van der Waals surface area (Å²) in [5.41, 5.74) is 7.33. The molecular formula is C14H13N5. The maximum atomic E-state index is 5.78. The number of nitrogens with one attached hydrogen (secondary N) is 1. The Morgan fingerprint density at radius 3 is 2.63 bits per heavy atom. The fraction of sp³-hybridized carbons (Fsp3) is 0.0714. The molecule has 5 heteroatoms. The van der Waals surface area contributed by atoms with Crippen LogP contribution in [0, 0.1) is 6.92 Å². The zero-order chi connectivity index (χ0) is 13.2. The highest BCUT2D eigenvalue weighted by molar-refractivity contribution is 5.94. The molecule has 0 radical (unpaired) electrons. The van der Waals surface area contributed by atoms with Gasteiger partial charge in [0.05, 0.1) is 18.1 Å². The molecule has 0 spiro atoms. The van der Waals surface area contributed by atoms with Crippen molar-refractivity contribution in [2.45, 2.75) is 6.92 Å². The first kappa shape index (κ1) is 11.4. The third-order valence-electron chi connectivity index (χ3n) is 2.83. The molecule has 0 fully saturated rings. The SMILES string of the molecule is Cc1ncc(Nc2nccc3cc(N)ccc23)cn1. The molecule has 1 aromatic carbocycles. The number of pyridine rings is 1. The van der Waals surface area contributed by atoms with E-state index in [1.807, 2.05) is 31.2 Å². The van der Waals surface area contributed by atoms with Crippen molar-refractivity contribution in [2.75, 3.05) is 11.1 Å². The van der Waals surface area contributed by atoms with E-state index in [-0.39, 0.29) is 0 Å². The van der Waals surface area contributed by atoms with E-state index in [4.69, 9.17) is 5.73 Å². The minimum atomic E-state index is 0.739. The Bertz CT molecular complexity index is 721. The Morgan fingerprint density at radius 1 is 1.05 bits per heavy atom. The number of aryl methyl sites for hydroxylation is 1. The molecule has 0 saturated heterocycles. The van der Waals surface area contributed by atoms with Gasteiger partial charge in [0.1, 0.15) is 11.6 Å². The van der Waals surface area contributed by atoms with Crippen molar-refractivity contribution in [1.29, 1.82) is 0 Å². The number of rotatable bonds is 2. The minimum Gasteiger partial charge on any atom is -0.399 e. The topological polar surface area (TPSA) is 76.7 Å². The summed E-state index contributed by atoms with van der Waals surface area (Å²) in [6.07, 6.45) is 5.22. The first-order chi connectivity index (χ1) is 9.22. The molecule has 3 aromatic rings. The van der Waals surface area contributed by atoms with E-state index in [2.05, 4.69) is 20.3 Å². The van der Waals surface area contributed by atoms with Crippen molar-refractivity contribution >= 4 is 28.0 Å². The highest BCUT2D eigenvalue weighted by Gasteiger charge is 2.03. The molecule has 3 rings (SSSR count). The molecule has 5 nitrogen and oxygen atoms in total. The third kappa shape index (κ3) is 2.30. The van der Waals surface area contributed by atoms with Gasteiger partial charge in [-0.05, 0) is 36.6 Å². The van der Waals surface area contributed by atoms with Gasteiger partial charge in [-0.3, -0.25) is 0 Å². The molecule has 2 heterocycles. The van der Waals surface area contributed by atoms with Gasteiger partial charge in [0, 0.05) is 17.3 Å². The Morgan fingerprint density at radius 2 is 1.84 bits per heavy atom. The number of hydrogen-bond donors (Lipinski definition) is 2. The molecular weight excluding hydrogens is 238 g/mol. The average molecular weight is 251 g/mol. The summed E-state index contributed by atoms with van der Waals surface area (Å²) >= 11 is 0. The fourth-order valence-corrected chi connectivity index (χ4v) is 1.89. The second kappa shape index (κ2) is 4.53. The Labute approximate surface area is 110 Å². The van der Waals surface area contributed by atoms with Crippen LogP contribution in [0.3, 0.4) is 0 Å². The van der Waals surface area contributed by atoms with Crippen molar-refractivity contribution in [2.24, 2.45) is 0 Å². The maximum absolute atomic E-state index is 5.78. The van der Waals surface area contributed by atoms with E-state index in [9.17, 15) is 0 Å². The monoisotopic (exact) mass is 251 g/mol. The lowest BCUT2D eigenvalue weighted by molar-refractivity contribution is 1.05. The molecule has 0 atom stereocenters. The fourth-order valence-electron chi connectivity index (χ4n) is 1.89. The van der Waals surface area contributed by atoms with Crippen LogP contribution in [0.4, 0.5) is 17.2 Å². The summed E-state index contributed by atoms with van der Waals surface area (Å²) in [5, 5.41) is 5.27. The van der Waals surface area contributed by atoms with Crippen LogP contribution in [0.2, 0.25) is 0 Å². The number of nitrogens with two attached hydrogens (primary N) is 1. The standard InChI is InChI=1S/C14H13N5/c1-9-17-7-12(8-18-9)19-14-13-3-2-11(15)6-10(13)4-5-16-14/h2-8H,15H2,1H3,(H,16,19). The summed E-state index contributed by atoms with van der Waals surface area (Å²) in [4.78, 5) is 12.6. The smallest absolute Gasteiger partial charge is 0.138 e. The van der Waals surface area contributed by atoms with Gasteiger partial charge in [-0.2, -0.15) is 0 Å². The zero-order valence-corrected chi connectivity index (χ0v) is 10.5. The van der Waals surface area contributed by atoms with Gasteiger partial charge in [0.25, 0.3) is 0 Å². The first-order valence-corrected chi connectivity index (χ1v) is 5.92. The number of anilines is 3. The highest BCUT2D eigenvalue weighted by Crippen LogP contribution is 2.25. The van der Waals surface area contributed by atoms with Crippen LogP contribution in [-0.4, -0.2) is 15.0 Å². The van der Waals surface area contributed by atoms with E-state index < -0.39 is 0 Å². The molecule has 0 aliphatic rings. The van der Waals surface area contributed by atoms with E-state index in [1.165, 1.54) is 0 Å². The second-order valence-corrected chi connectivity index (χ2v) is 4.28. The van der Waals surface area contributed by atoms with Gasteiger partial charge < -0.3 is 11.1 Å². The molecule has 0 bridgehead atoms. The summed E-state index contributed by atoms with van der Waals surface area (Å²) in [6.45, 7) is 1.85. The Hall–Kier alpha value is -2.69. The molecule has 0 unspecified atom stereocenters. The minimum absolute atomic E-state index is 0.739. The van der Waals surface area contributed by atoms with Gasteiger partial charge in [-0.15, -0.1) is 0 Å². The number of nitrogens with zero attached hydrogens (tertiary/aromatic N) is 3. The summed E-state index contributed by atoms with van der Waals surface area (Å²) in [5.74, 6) is 1.51. The number of aromatic nitrogens is 3. The van der Waals surface area contributed by atoms with Crippen molar-refractivity contribution in [3.05, 3.63) is 48.7 Å². The summed E-state index contributed by atoms with van der Waals surface area (Å²) < 4.78 is 0. The zero-order valence-electron chi connectivity index (χ0n) is 10.5. The van der Waals surface area contributed by atoms with E-state index in [1.54, 1.807) is 18.6 Å². The Kier molecular flexibility index (Phi) is 2.72. The molecule has 2 aromatic heterocycles. The number of nitrogen functional groups attached to an aromatic ring is 1. The van der Waals surface area contributed by atoms with Gasteiger partial charge >= 0.3 is 0 Å². The van der Waals surface area contributed by atoms with E-state index >= 15 is 0 Å². The molecule has 0 aliphatic carbocycles. The van der Waals surface area contributed by atoms with E-state index in [0.29, 0.717) is 0 Å². The van der Waals surface area contributed by atoms with Crippen LogP contribution >= 0.6 is 0 Å². The molecule has 3 N–H and O–H groups in total. The largest absolute Gasteiger partial charge is 0.399 e. The number of hydrogen-bond acceptors (Lipinski definition) is 5. The van der Waals surface area contributed by atoms with Crippen LogP contribution < -0.4 is 11.1 Å². The maximum Gasteiger partial charge on any atom is 0.138 e. The van der Waals surface area contributed by atoms with Crippen LogP contribution in [0.5, 0.6) is 0 Å². The second-order valence-electron chi connectivity index (χ2n) is 4.28. The lowest BCUT2D eigenvalue weighted by Gasteiger charge is -2.08. The third-order valence-corrected chi connectivity index (χ3v) is 2.83. The predicted octanol–water partition coefficient (Wildman–Crippen LogP) is 2.66. The lowest BCUT2D eigenvalue weighted by atomic mass is 10.1.